The molecule has 1 nitrogen and oxygen atoms in total. The monoisotopic (exact) mass is 218 g/mol. The average Bonchev–Trinajstić information content (AvgIpc) is 2.07. The van der Waals surface area contributed by atoms with Crippen molar-refractivity contribution < 1.29 is 4.79 Å². The zero-order valence-electron chi connectivity index (χ0n) is 6.34. The first-order valence-corrected chi connectivity index (χ1v) is 4.76. The molecule has 1 aromatic rings. The number of carbonyl (C=O) groups excluding carboxylic acids is 1. The fraction of sp³-hybridized carbons (Fsp3) is 0.125. The van der Waals surface area contributed by atoms with Gasteiger partial charge in [-0.2, -0.15) is 12.6 Å². The fourth-order valence-corrected chi connectivity index (χ4v) is 0.600. The van der Waals surface area contributed by atoms with Crippen molar-refractivity contribution in [3.05, 3.63) is 30.3 Å². The third-order valence-corrected chi connectivity index (χ3v) is 1.88. The van der Waals surface area contributed by atoms with Crippen molar-refractivity contribution in [3.63, 3.8) is 0 Å². The normalized spacial score (nSPS) is 8.25. The molecule has 4 heteroatoms. The van der Waals surface area contributed by atoms with Crippen LogP contribution in [0.2, 0.25) is 0 Å². The van der Waals surface area contributed by atoms with E-state index in [0.717, 1.165) is 4.90 Å². The summed E-state index contributed by atoms with van der Waals surface area (Å²) in [6.07, 6.45) is 0. The van der Waals surface area contributed by atoms with Crippen LogP contribution < -0.4 is 0 Å². The molecule has 0 amide bonds. The van der Waals surface area contributed by atoms with Crippen LogP contribution in [0.15, 0.2) is 35.2 Å². The zero-order chi connectivity index (χ0) is 9.40. The molecular weight excluding hydrogens is 208 g/mol. The Morgan fingerprint density at radius 3 is 1.83 bits per heavy atom. The maximum absolute atomic E-state index is 9.60. The standard InChI is InChI=1S/C6H6S.C2H4OS2/c7-6-4-2-1-3-5-6;3-2(5)1-4/h1-5,7H;4H,1H2,(H,3,5). The van der Waals surface area contributed by atoms with E-state index in [1.807, 2.05) is 30.3 Å². The van der Waals surface area contributed by atoms with Gasteiger partial charge in [-0.15, -0.1) is 25.3 Å². The minimum absolute atomic E-state index is 0.187. The summed E-state index contributed by atoms with van der Waals surface area (Å²) < 4.78 is 0. The lowest BCUT2D eigenvalue weighted by Crippen LogP contribution is -1.81. The highest BCUT2D eigenvalue weighted by Crippen LogP contribution is 2.00. The number of hydrogen-bond donors (Lipinski definition) is 3. The van der Waals surface area contributed by atoms with E-state index in [4.69, 9.17) is 0 Å². The molecular formula is C8H10OS3. The van der Waals surface area contributed by atoms with Gasteiger partial charge < -0.3 is 0 Å². The highest BCUT2D eigenvalue weighted by atomic mass is 32.1. The van der Waals surface area contributed by atoms with Crippen molar-refractivity contribution in [1.82, 2.24) is 0 Å². The van der Waals surface area contributed by atoms with Gasteiger partial charge >= 0.3 is 0 Å². The highest BCUT2D eigenvalue weighted by Gasteiger charge is 1.79. The second kappa shape index (κ2) is 7.58. The van der Waals surface area contributed by atoms with Crippen LogP contribution in [0, 0.1) is 0 Å². The van der Waals surface area contributed by atoms with E-state index in [9.17, 15) is 4.79 Å². The number of thiol groups is 3. The molecule has 0 radical (unpaired) electrons. The lowest BCUT2D eigenvalue weighted by molar-refractivity contribution is -0.108. The van der Waals surface area contributed by atoms with E-state index in [1.165, 1.54) is 0 Å². The molecule has 0 saturated heterocycles. The molecule has 0 saturated carbocycles. The first-order valence-electron chi connectivity index (χ1n) is 3.23. The molecule has 0 bridgehead atoms. The summed E-state index contributed by atoms with van der Waals surface area (Å²) in [4.78, 5) is 10.6. The smallest absolute Gasteiger partial charge is 0.195 e. The molecule has 1 aromatic carbocycles. The lowest BCUT2D eigenvalue weighted by Gasteiger charge is -1.81. The van der Waals surface area contributed by atoms with E-state index in [-0.39, 0.29) is 10.9 Å². The Kier molecular flexibility index (Phi) is 7.54. The van der Waals surface area contributed by atoms with Gasteiger partial charge in [-0.05, 0) is 12.1 Å². The van der Waals surface area contributed by atoms with Crippen molar-refractivity contribution in [2.45, 2.75) is 4.90 Å². The summed E-state index contributed by atoms with van der Waals surface area (Å²) in [6.45, 7) is 0. The summed E-state index contributed by atoms with van der Waals surface area (Å²) in [7, 11) is 0. The number of hydrogen-bond acceptors (Lipinski definition) is 3. The Bertz CT molecular complexity index is 223. The van der Waals surface area contributed by atoms with Gasteiger partial charge in [0.1, 0.15) is 0 Å². The summed E-state index contributed by atoms with van der Waals surface area (Å²) in [6, 6.07) is 9.79. The van der Waals surface area contributed by atoms with Crippen LogP contribution in [0.25, 0.3) is 0 Å². The van der Waals surface area contributed by atoms with Crippen LogP contribution in [-0.2, 0) is 4.79 Å². The van der Waals surface area contributed by atoms with Crippen molar-refractivity contribution in [2.24, 2.45) is 0 Å². The number of rotatable bonds is 1. The summed E-state index contributed by atoms with van der Waals surface area (Å²) in [5.74, 6) is 0.225. The van der Waals surface area contributed by atoms with Crippen LogP contribution in [0.3, 0.4) is 0 Å². The van der Waals surface area contributed by atoms with Crippen LogP contribution in [0.1, 0.15) is 0 Å². The maximum atomic E-state index is 9.60. The Morgan fingerprint density at radius 2 is 1.67 bits per heavy atom. The maximum Gasteiger partial charge on any atom is 0.195 e. The molecule has 0 fully saturated rings. The van der Waals surface area contributed by atoms with Crippen molar-refractivity contribution in [2.75, 3.05) is 5.75 Å². The Balaban J connectivity index is 0.000000217. The van der Waals surface area contributed by atoms with Crippen LogP contribution in [-0.4, -0.2) is 10.9 Å². The molecule has 12 heavy (non-hydrogen) atoms. The largest absolute Gasteiger partial charge is 0.287 e. The van der Waals surface area contributed by atoms with Gasteiger partial charge in [0.05, 0.1) is 5.75 Å². The first kappa shape index (κ1) is 11.9. The average molecular weight is 218 g/mol. The van der Waals surface area contributed by atoms with Crippen molar-refractivity contribution in [3.8, 4) is 0 Å². The molecule has 66 valence electrons. The quantitative estimate of drug-likeness (QED) is 0.617. The molecule has 0 spiro atoms. The van der Waals surface area contributed by atoms with E-state index < -0.39 is 0 Å². The van der Waals surface area contributed by atoms with Gasteiger partial charge in [-0.1, -0.05) is 18.2 Å². The Hall–Kier alpha value is -0.0600. The van der Waals surface area contributed by atoms with Gasteiger partial charge in [0.2, 0.25) is 0 Å². The molecule has 0 aromatic heterocycles. The minimum Gasteiger partial charge on any atom is -0.287 e. The topological polar surface area (TPSA) is 17.1 Å². The molecule has 1 rings (SSSR count). The SMILES string of the molecule is O=C(S)CS.Sc1ccccc1. The molecule has 0 heterocycles. The van der Waals surface area contributed by atoms with Crippen molar-refractivity contribution in [1.29, 1.82) is 0 Å². The highest BCUT2D eigenvalue weighted by molar-refractivity contribution is 7.99. The van der Waals surface area contributed by atoms with Crippen LogP contribution >= 0.6 is 37.9 Å². The Morgan fingerprint density at radius 1 is 1.25 bits per heavy atom. The minimum atomic E-state index is -0.187. The van der Waals surface area contributed by atoms with Gasteiger partial charge in [0, 0.05) is 4.90 Å². The Labute approximate surface area is 88.8 Å². The van der Waals surface area contributed by atoms with E-state index in [0.29, 0.717) is 0 Å². The predicted molar refractivity (Wildman–Crippen MR) is 61.5 cm³/mol. The van der Waals surface area contributed by atoms with Crippen LogP contribution in [0.5, 0.6) is 0 Å². The molecule has 0 N–H and O–H groups in total. The lowest BCUT2D eigenvalue weighted by atomic mass is 10.4. The zero-order valence-corrected chi connectivity index (χ0v) is 9.03. The van der Waals surface area contributed by atoms with Gasteiger partial charge in [0.15, 0.2) is 5.12 Å². The second-order valence-electron chi connectivity index (χ2n) is 1.89. The summed E-state index contributed by atoms with van der Waals surface area (Å²) in [5, 5.41) is -0.187. The predicted octanol–water partition coefficient (Wildman–Crippen LogP) is 2.35. The fourth-order valence-electron chi connectivity index (χ4n) is 0.428. The van der Waals surface area contributed by atoms with Gasteiger partial charge in [0.25, 0.3) is 0 Å². The summed E-state index contributed by atoms with van der Waals surface area (Å²) >= 11 is 11.1. The third kappa shape index (κ3) is 8.04. The molecule has 0 aliphatic heterocycles. The molecule has 0 aliphatic carbocycles. The first-order chi connectivity index (χ1) is 5.66. The summed E-state index contributed by atoms with van der Waals surface area (Å²) in [5.41, 5.74) is 0. The second-order valence-corrected chi connectivity index (χ2v) is 3.22. The van der Waals surface area contributed by atoms with E-state index in [2.05, 4.69) is 37.9 Å². The van der Waals surface area contributed by atoms with Crippen LogP contribution in [0.4, 0.5) is 0 Å². The molecule has 0 atom stereocenters. The third-order valence-electron chi connectivity index (χ3n) is 0.891. The van der Waals surface area contributed by atoms with E-state index >= 15 is 0 Å². The number of benzene rings is 1. The van der Waals surface area contributed by atoms with Gasteiger partial charge in [-0.3, -0.25) is 4.79 Å². The molecule has 0 unspecified atom stereocenters. The van der Waals surface area contributed by atoms with Gasteiger partial charge in [-0.25, -0.2) is 0 Å². The number of carbonyl (C=O) groups is 1. The van der Waals surface area contributed by atoms with Crippen molar-refractivity contribution >= 4 is 43.0 Å². The van der Waals surface area contributed by atoms with E-state index in [1.54, 1.807) is 0 Å². The molecule has 0 aliphatic rings.